The number of hydrogen-bond acceptors (Lipinski definition) is 2. The van der Waals surface area contributed by atoms with Crippen LogP contribution in [0.15, 0.2) is 30.3 Å². The first-order valence-corrected chi connectivity index (χ1v) is 6.92. The van der Waals surface area contributed by atoms with Crippen molar-refractivity contribution in [3.05, 3.63) is 47.3 Å². The third kappa shape index (κ3) is 2.11. The van der Waals surface area contributed by atoms with E-state index in [4.69, 9.17) is 0 Å². The number of aromatic amines is 1. The van der Waals surface area contributed by atoms with E-state index in [1.54, 1.807) is 0 Å². The minimum Gasteiger partial charge on any atom is -0.306 e. The Hall–Kier alpha value is -2.10. The van der Waals surface area contributed by atoms with Gasteiger partial charge in [0.2, 0.25) is 0 Å². The van der Waals surface area contributed by atoms with Gasteiger partial charge in [0.25, 0.3) is 5.91 Å². The van der Waals surface area contributed by atoms with E-state index in [0.717, 1.165) is 24.3 Å². The SMILES string of the molecule is CC(C)(C)c1cc(C(=O)N2CCc3ccccc32)n[nH]1. The van der Waals surface area contributed by atoms with Gasteiger partial charge in [-0.05, 0) is 24.1 Å². The number of benzene rings is 1. The Labute approximate surface area is 118 Å². The van der Waals surface area contributed by atoms with Crippen molar-refractivity contribution < 1.29 is 4.79 Å². The van der Waals surface area contributed by atoms with Crippen LogP contribution >= 0.6 is 0 Å². The summed E-state index contributed by atoms with van der Waals surface area (Å²) in [6, 6.07) is 9.92. The monoisotopic (exact) mass is 269 g/mol. The van der Waals surface area contributed by atoms with Crippen molar-refractivity contribution in [2.45, 2.75) is 32.6 Å². The Morgan fingerprint density at radius 3 is 2.75 bits per heavy atom. The molecule has 0 bridgehead atoms. The molecule has 0 saturated carbocycles. The van der Waals surface area contributed by atoms with Crippen LogP contribution in [0.3, 0.4) is 0 Å². The summed E-state index contributed by atoms with van der Waals surface area (Å²) in [6.07, 6.45) is 0.915. The molecule has 1 aliphatic heterocycles. The highest BCUT2D eigenvalue weighted by molar-refractivity contribution is 6.06. The minimum atomic E-state index is -0.0333. The first-order valence-electron chi connectivity index (χ1n) is 6.92. The Morgan fingerprint density at radius 2 is 2.05 bits per heavy atom. The van der Waals surface area contributed by atoms with Crippen LogP contribution < -0.4 is 4.90 Å². The van der Waals surface area contributed by atoms with Crippen molar-refractivity contribution in [3.8, 4) is 0 Å². The lowest BCUT2D eigenvalue weighted by atomic mass is 9.92. The number of nitrogens with zero attached hydrogens (tertiary/aromatic N) is 2. The number of carbonyl (C=O) groups excluding carboxylic acids is 1. The number of nitrogens with one attached hydrogen (secondary N) is 1. The highest BCUT2D eigenvalue weighted by Crippen LogP contribution is 2.29. The second-order valence-corrected chi connectivity index (χ2v) is 6.25. The molecule has 0 saturated heterocycles. The van der Waals surface area contributed by atoms with Gasteiger partial charge in [0.05, 0.1) is 0 Å². The van der Waals surface area contributed by atoms with Crippen molar-refractivity contribution in [2.75, 3.05) is 11.4 Å². The van der Waals surface area contributed by atoms with Crippen molar-refractivity contribution >= 4 is 11.6 Å². The quantitative estimate of drug-likeness (QED) is 0.865. The van der Waals surface area contributed by atoms with Crippen LogP contribution in [0, 0.1) is 0 Å². The number of amides is 1. The van der Waals surface area contributed by atoms with Gasteiger partial charge < -0.3 is 4.90 Å². The van der Waals surface area contributed by atoms with Gasteiger partial charge >= 0.3 is 0 Å². The molecule has 2 heterocycles. The Balaban J connectivity index is 1.89. The van der Waals surface area contributed by atoms with Gasteiger partial charge in [0.1, 0.15) is 0 Å². The Kier molecular flexibility index (Phi) is 2.89. The molecule has 0 atom stereocenters. The average Bonchev–Trinajstić information content (AvgIpc) is 3.04. The van der Waals surface area contributed by atoms with Crippen molar-refractivity contribution in [3.63, 3.8) is 0 Å². The van der Waals surface area contributed by atoms with Crippen LogP contribution in [0.25, 0.3) is 0 Å². The van der Waals surface area contributed by atoms with E-state index in [1.807, 2.05) is 29.2 Å². The van der Waals surface area contributed by atoms with Gasteiger partial charge in [-0.25, -0.2) is 0 Å². The van der Waals surface area contributed by atoms with Gasteiger partial charge in [-0.15, -0.1) is 0 Å². The molecule has 0 unspecified atom stereocenters. The van der Waals surface area contributed by atoms with Crippen LogP contribution in [0.5, 0.6) is 0 Å². The standard InChI is InChI=1S/C16H19N3O/c1-16(2,3)14-10-12(17-18-14)15(20)19-9-8-11-6-4-5-7-13(11)19/h4-7,10H,8-9H2,1-3H3,(H,17,18). The number of aromatic nitrogens is 2. The number of hydrogen-bond donors (Lipinski definition) is 1. The molecule has 4 nitrogen and oxygen atoms in total. The minimum absolute atomic E-state index is 0.0262. The van der Waals surface area contributed by atoms with E-state index in [0.29, 0.717) is 5.69 Å². The Bertz CT molecular complexity index is 652. The number of carbonyl (C=O) groups is 1. The largest absolute Gasteiger partial charge is 0.306 e. The molecule has 1 aliphatic rings. The maximum Gasteiger partial charge on any atom is 0.278 e. The fraction of sp³-hybridized carbons (Fsp3) is 0.375. The first-order chi connectivity index (χ1) is 9.47. The molecule has 1 N–H and O–H groups in total. The molecule has 2 aromatic rings. The predicted molar refractivity (Wildman–Crippen MR) is 79.1 cm³/mol. The summed E-state index contributed by atoms with van der Waals surface area (Å²) in [7, 11) is 0. The summed E-state index contributed by atoms with van der Waals surface area (Å²) < 4.78 is 0. The second kappa shape index (κ2) is 4.47. The van der Waals surface area contributed by atoms with Gasteiger partial charge in [0, 0.05) is 23.3 Å². The maximum atomic E-state index is 12.6. The molecule has 1 aromatic carbocycles. The molecule has 0 aliphatic carbocycles. The van der Waals surface area contributed by atoms with Crippen LogP contribution in [-0.2, 0) is 11.8 Å². The zero-order chi connectivity index (χ0) is 14.3. The van der Waals surface area contributed by atoms with E-state index in [1.165, 1.54) is 5.56 Å². The lowest BCUT2D eigenvalue weighted by Crippen LogP contribution is -2.29. The first kappa shape index (κ1) is 12.9. The molecule has 20 heavy (non-hydrogen) atoms. The zero-order valence-electron chi connectivity index (χ0n) is 12.1. The van der Waals surface area contributed by atoms with E-state index in [-0.39, 0.29) is 11.3 Å². The maximum absolute atomic E-state index is 12.6. The highest BCUT2D eigenvalue weighted by atomic mass is 16.2. The number of rotatable bonds is 1. The zero-order valence-corrected chi connectivity index (χ0v) is 12.1. The molecule has 0 spiro atoms. The lowest BCUT2D eigenvalue weighted by Gasteiger charge is -2.16. The molecule has 1 amide bonds. The van der Waals surface area contributed by atoms with E-state index >= 15 is 0 Å². The molecule has 104 valence electrons. The molecule has 0 radical (unpaired) electrons. The predicted octanol–water partition coefficient (Wildman–Crippen LogP) is 2.91. The summed E-state index contributed by atoms with van der Waals surface area (Å²) in [5.74, 6) is -0.0262. The van der Waals surface area contributed by atoms with Crippen LogP contribution in [0.2, 0.25) is 0 Å². The summed E-state index contributed by atoms with van der Waals surface area (Å²) in [5.41, 5.74) is 3.68. The van der Waals surface area contributed by atoms with Crippen molar-refractivity contribution in [1.29, 1.82) is 0 Å². The second-order valence-electron chi connectivity index (χ2n) is 6.25. The van der Waals surface area contributed by atoms with Crippen molar-refractivity contribution in [1.82, 2.24) is 10.2 Å². The van der Waals surface area contributed by atoms with Crippen molar-refractivity contribution in [2.24, 2.45) is 0 Å². The molecule has 0 fully saturated rings. The summed E-state index contributed by atoms with van der Waals surface area (Å²) >= 11 is 0. The summed E-state index contributed by atoms with van der Waals surface area (Å²) in [5, 5.41) is 7.16. The van der Waals surface area contributed by atoms with E-state index < -0.39 is 0 Å². The van der Waals surface area contributed by atoms with Crippen LogP contribution in [-0.4, -0.2) is 22.6 Å². The van der Waals surface area contributed by atoms with Crippen LogP contribution in [0.4, 0.5) is 5.69 Å². The molecular formula is C16H19N3O. The molecular weight excluding hydrogens is 250 g/mol. The highest BCUT2D eigenvalue weighted by Gasteiger charge is 2.27. The average molecular weight is 269 g/mol. The number of fused-ring (bicyclic) bond motifs is 1. The molecule has 1 aromatic heterocycles. The van der Waals surface area contributed by atoms with Gasteiger partial charge in [-0.3, -0.25) is 9.89 Å². The van der Waals surface area contributed by atoms with E-state index in [9.17, 15) is 4.79 Å². The lowest BCUT2D eigenvalue weighted by molar-refractivity contribution is 0.0984. The molecule has 4 heteroatoms. The number of H-pyrrole nitrogens is 1. The van der Waals surface area contributed by atoms with Gasteiger partial charge in [0.15, 0.2) is 5.69 Å². The topological polar surface area (TPSA) is 49.0 Å². The Morgan fingerprint density at radius 1 is 1.30 bits per heavy atom. The fourth-order valence-electron chi connectivity index (χ4n) is 2.50. The third-order valence-electron chi connectivity index (χ3n) is 3.74. The number of para-hydroxylation sites is 1. The van der Waals surface area contributed by atoms with Gasteiger partial charge in [-0.2, -0.15) is 5.10 Å². The van der Waals surface area contributed by atoms with E-state index in [2.05, 4.69) is 37.0 Å². The van der Waals surface area contributed by atoms with Crippen LogP contribution in [0.1, 0.15) is 42.5 Å². The normalized spacial score (nSPS) is 14.4. The van der Waals surface area contributed by atoms with Gasteiger partial charge in [-0.1, -0.05) is 39.0 Å². The summed E-state index contributed by atoms with van der Waals surface area (Å²) in [6.45, 7) is 7.02. The molecule has 3 rings (SSSR count). The number of anilines is 1. The summed E-state index contributed by atoms with van der Waals surface area (Å²) in [4.78, 5) is 14.4. The smallest absolute Gasteiger partial charge is 0.278 e. The third-order valence-corrected chi connectivity index (χ3v) is 3.74. The fourth-order valence-corrected chi connectivity index (χ4v) is 2.50.